The van der Waals surface area contributed by atoms with E-state index in [-0.39, 0.29) is 11.4 Å². The number of halogens is 1. The highest BCUT2D eigenvalue weighted by Crippen LogP contribution is 2.18. The first kappa shape index (κ1) is 18.8. The second-order valence-electron chi connectivity index (χ2n) is 7.09. The van der Waals surface area contributed by atoms with E-state index in [2.05, 4.69) is 26.3 Å². The second-order valence-corrected chi connectivity index (χ2v) is 7.09. The average molecular weight is 389 g/mol. The molecule has 1 aliphatic rings. The third-order valence-electron chi connectivity index (χ3n) is 4.98. The number of rotatable bonds is 5. The highest BCUT2D eigenvalue weighted by atomic mass is 19.1. The molecule has 0 radical (unpaired) electrons. The normalized spacial score (nSPS) is 13.5. The lowest BCUT2D eigenvalue weighted by atomic mass is 10.1. The Hall–Kier alpha value is -3.50. The third-order valence-corrected chi connectivity index (χ3v) is 4.98. The van der Waals surface area contributed by atoms with Crippen molar-refractivity contribution in [2.75, 3.05) is 11.9 Å². The summed E-state index contributed by atoms with van der Waals surface area (Å²) >= 11 is 0. The predicted molar refractivity (Wildman–Crippen MR) is 108 cm³/mol. The van der Waals surface area contributed by atoms with Gasteiger partial charge in [-0.05, 0) is 35.4 Å². The summed E-state index contributed by atoms with van der Waals surface area (Å²) in [7, 11) is 0. The van der Waals surface area contributed by atoms with Gasteiger partial charge in [-0.3, -0.25) is 14.7 Å². The van der Waals surface area contributed by atoms with Gasteiger partial charge in [0.2, 0.25) is 5.95 Å². The molecular weight excluding hydrogens is 369 g/mol. The molecule has 2 N–H and O–H groups in total. The van der Waals surface area contributed by atoms with E-state index in [1.807, 2.05) is 18.2 Å². The van der Waals surface area contributed by atoms with Gasteiger partial charge in [-0.2, -0.15) is 5.26 Å². The molecule has 2 aromatic carbocycles. The van der Waals surface area contributed by atoms with Gasteiger partial charge < -0.3 is 5.32 Å². The number of anilines is 1. The van der Waals surface area contributed by atoms with Crippen LogP contribution in [0.1, 0.15) is 27.9 Å². The highest BCUT2D eigenvalue weighted by Gasteiger charge is 2.21. The Morgan fingerprint density at radius 3 is 2.83 bits per heavy atom. The fourth-order valence-corrected chi connectivity index (χ4v) is 3.49. The molecule has 0 aliphatic carbocycles. The van der Waals surface area contributed by atoms with Gasteiger partial charge >= 0.3 is 0 Å². The lowest BCUT2D eigenvalue weighted by molar-refractivity contribution is 0.242. The fourth-order valence-electron chi connectivity index (χ4n) is 3.49. The third kappa shape index (κ3) is 4.50. The van der Waals surface area contributed by atoms with Crippen LogP contribution in [0.4, 0.5) is 10.3 Å². The monoisotopic (exact) mass is 389 g/mol. The van der Waals surface area contributed by atoms with E-state index in [1.54, 1.807) is 18.2 Å². The Morgan fingerprint density at radius 2 is 2.03 bits per heavy atom. The Kier molecular flexibility index (Phi) is 5.36. The summed E-state index contributed by atoms with van der Waals surface area (Å²) in [5.41, 5.74) is 3.92. The van der Waals surface area contributed by atoms with Crippen molar-refractivity contribution in [3.05, 3.63) is 92.6 Å². The van der Waals surface area contributed by atoms with Crippen molar-refractivity contribution in [1.82, 2.24) is 14.9 Å². The number of hydrogen-bond acceptors (Lipinski definition) is 5. The van der Waals surface area contributed by atoms with E-state index in [4.69, 9.17) is 5.26 Å². The van der Waals surface area contributed by atoms with Crippen LogP contribution in [0.2, 0.25) is 0 Å². The van der Waals surface area contributed by atoms with Gasteiger partial charge in [0.05, 0.1) is 22.9 Å². The number of nitrogens with zero attached hydrogens (tertiary/aromatic N) is 3. The molecule has 0 spiro atoms. The maximum Gasteiger partial charge on any atom is 0.257 e. The average Bonchev–Trinajstić information content (AvgIpc) is 2.74. The number of fused-ring (bicyclic) bond motifs is 1. The minimum absolute atomic E-state index is 0.146. The molecule has 0 amide bonds. The molecule has 3 aromatic rings. The molecule has 4 rings (SSSR count). The summed E-state index contributed by atoms with van der Waals surface area (Å²) in [5.74, 6) is 0.145. The Bertz CT molecular complexity index is 1120. The molecule has 0 bridgehead atoms. The van der Waals surface area contributed by atoms with Gasteiger partial charge in [0.1, 0.15) is 5.82 Å². The first-order chi connectivity index (χ1) is 14.1. The van der Waals surface area contributed by atoms with Crippen LogP contribution in [0.15, 0.2) is 53.3 Å². The number of H-pyrrole nitrogens is 1. The zero-order valence-electron chi connectivity index (χ0n) is 15.8. The van der Waals surface area contributed by atoms with Crippen molar-refractivity contribution in [2.45, 2.75) is 26.1 Å². The SMILES string of the molecule is N#Cc1cccc(CN2CCc3nc(NCc4ccc(F)cc4)[nH]c(=O)c3C2)c1. The second kappa shape index (κ2) is 8.25. The number of nitrogens with one attached hydrogen (secondary N) is 2. The van der Waals surface area contributed by atoms with Crippen LogP contribution in [0, 0.1) is 17.1 Å². The first-order valence-electron chi connectivity index (χ1n) is 9.42. The van der Waals surface area contributed by atoms with Gasteiger partial charge in [0, 0.05) is 32.6 Å². The summed E-state index contributed by atoms with van der Waals surface area (Å²) in [6, 6.07) is 15.9. The van der Waals surface area contributed by atoms with Crippen LogP contribution in [-0.4, -0.2) is 21.4 Å². The summed E-state index contributed by atoms with van der Waals surface area (Å²) in [6.45, 7) is 2.44. The summed E-state index contributed by atoms with van der Waals surface area (Å²) in [5, 5.41) is 12.2. The molecule has 0 saturated heterocycles. The Balaban J connectivity index is 1.44. The molecule has 1 aliphatic heterocycles. The van der Waals surface area contributed by atoms with Gasteiger partial charge in [0.15, 0.2) is 0 Å². The van der Waals surface area contributed by atoms with E-state index in [1.165, 1.54) is 12.1 Å². The van der Waals surface area contributed by atoms with Crippen LogP contribution >= 0.6 is 0 Å². The molecule has 6 nitrogen and oxygen atoms in total. The van der Waals surface area contributed by atoms with Gasteiger partial charge in [-0.25, -0.2) is 9.37 Å². The van der Waals surface area contributed by atoms with Crippen LogP contribution in [0.25, 0.3) is 0 Å². The van der Waals surface area contributed by atoms with Gasteiger partial charge in [-0.15, -0.1) is 0 Å². The smallest absolute Gasteiger partial charge is 0.257 e. The maximum atomic E-state index is 13.0. The topological polar surface area (TPSA) is 84.8 Å². The van der Waals surface area contributed by atoms with E-state index < -0.39 is 0 Å². The molecule has 2 heterocycles. The molecule has 0 unspecified atom stereocenters. The molecule has 1 aromatic heterocycles. The van der Waals surface area contributed by atoms with Crippen molar-refractivity contribution in [3.8, 4) is 6.07 Å². The predicted octanol–water partition coefficient (Wildman–Crippen LogP) is 2.95. The van der Waals surface area contributed by atoms with Crippen LogP contribution in [0.5, 0.6) is 0 Å². The lowest BCUT2D eigenvalue weighted by Gasteiger charge is -2.27. The lowest BCUT2D eigenvalue weighted by Crippen LogP contribution is -2.35. The minimum Gasteiger partial charge on any atom is -0.352 e. The zero-order valence-corrected chi connectivity index (χ0v) is 15.8. The van der Waals surface area contributed by atoms with Crippen molar-refractivity contribution < 1.29 is 4.39 Å². The number of aromatic nitrogens is 2. The quantitative estimate of drug-likeness (QED) is 0.701. The molecule has 0 fully saturated rings. The van der Waals surface area contributed by atoms with Crippen LogP contribution < -0.4 is 10.9 Å². The van der Waals surface area contributed by atoms with Crippen molar-refractivity contribution >= 4 is 5.95 Å². The summed E-state index contributed by atoms with van der Waals surface area (Å²) in [4.78, 5) is 22.1. The van der Waals surface area contributed by atoms with E-state index in [9.17, 15) is 9.18 Å². The molecule has 7 heteroatoms. The van der Waals surface area contributed by atoms with E-state index in [0.29, 0.717) is 43.1 Å². The molecular formula is C22H20FN5O. The van der Waals surface area contributed by atoms with Gasteiger partial charge in [-0.1, -0.05) is 24.3 Å². The summed E-state index contributed by atoms with van der Waals surface area (Å²) in [6.07, 6.45) is 0.683. The maximum absolute atomic E-state index is 13.0. The van der Waals surface area contributed by atoms with Crippen molar-refractivity contribution in [1.29, 1.82) is 5.26 Å². The summed E-state index contributed by atoms with van der Waals surface area (Å²) < 4.78 is 13.0. The van der Waals surface area contributed by atoms with E-state index in [0.717, 1.165) is 23.4 Å². The van der Waals surface area contributed by atoms with E-state index >= 15 is 0 Å². The zero-order chi connectivity index (χ0) is 20.2. The van der Waals surface area contributed by atoms with Crippen LogP contribution in [0.3, 0.4) is 0 Å². The first-order valence-corrected chi connectivity index (χ1v) is 9.42. The largest absolute Gasteiger partial charge is 0.352 e. The molecule has 0 saturated carbocycles. The number of nitriles is 1. The van der Waals surface area contributed by atoms with Gasteiger partial charge in [0.25, 0.3) is 5.56 Å². The number of benzene rings is 2. The molecule has 29 heavy (non-hydrogen) atoms. The van der Waals surface area contributed by atoms with Crippen molar-refractivity contribution in [2.24, 2.45) is 0 Å². The Labute approximate surface area is 167 Å². The Morgan fingerprint density at radius 1 is 1.21 bits per heavy atom. The van der Waals surface area contributed by atoms with Crippen molar-refractivity contribution in [3.63, 3.8) is 0 Å². The fraction of sp³-hybridized carbons (Fsp3) is 0.227. The molecule has 0 atom stereocenters. The minimum atomic E-state index is -0.280. The standard InChI is InChI=1S/C22H20FN5O/c23-18-6-4-15(5-7-18)12-25-22-26-20-8-9-28(14-19(20)21(29)27-22)13-17-3-1-2-16(10-17)11-24/h1-7,10H,8-9,12-14H2,(H2,25,26,27,29). The highest BCUT2D eigenvalue weighted by molar-refractivity contribution is 5.34. The van der Waals surface area contributed by atoms with Crippen LogP contribution in [-0.2, 0) is 26.1 Å². The number of hydrogen-bond donors (Lipinski definition) is 2. The number of aromatic amines is 1. The molecule has 146 valence electrons.